The predicted molar refractivity (Wildman–Crippen MR) is 103 cm³/mol. The number of ether oxygens (including phenoxy) is 4. The van der Waals surface area contributed by atoms with Crippen LogP contribution in [0.2, 0.25) is 0 Å². The van der Waals surface area contributed by atoms with Gasteiger partial charge in [-0.15, -0.1) is 0 Å². The molecule has 1 unspecified atom stereocenters. The predicted octanol–water partition coefficient (Wildman–Crippen LogP) is 2.95. The van der Waals surface area contributed by atoms with Crippen molar-refractivity contribution in [2.75, 3.05) is 39.1 Å². The Morgan fingerprint density at radius 2 is 1.52 bits per heavy atom. The Morgan fingerprint density at radius 1 is 0.926 bits per heavy atom. The second-order valence-electron chi connectivity index (χ2n) is 5.99. The smallest absolute Gasteiger partial charge is 0.256 e. The summed E-state index contributed by atoms with van der Waals surface area (Å²) in [6.07, 6.45) is 0. The van der Waals surface area contributed by atoms with Crippen LogP contribution in [0.25, 0.3) is 0 Å². The fraction of sp³-hybridized carbons (Fsp3) is 0.250. The van der Waals surface area contributed by atoms with Gasteiger partial charge in [0.1, 0.15) is 5.75 Å². The minimum Gasteiger partial charge on any atom is -0.495 e. The fourth-order valence-electron chi connectivity index (χ4n) is 3.22. The van der Waals surface area contributed by atoms with Crippen molar-refractivity contribution in [3.63, 3.8) is 0 Å². The van der Waals surface area contributed by atoms with Crippen molar-refractivity contribution in [2.45, 2.75) is 6.04 Å². The fourth-order valence-corrected chi connectivity index (χ4v) is 3.22. The van der Waals surface area contributed by atoms with Crippen molar-refractivity contribution in [2.24, 2.45) is 0 Å². The zero-order valence-corrected chi connectivity index (χ0v) is 15.7. The van der Waals surface area contributed by atoms with Crippen molar-refractivity contribution in [3.8, 4) is 23.0 Å². The molecule has 0 spiro atoms. The quantitative estimate of drug-likeness (QED) is 0.478. The van der Waals surface area contributed by atoms with E-state index in [4.69, 9.17) is 24.7 Å². The highest BCUT2D eigenvalue weighted by Gasteiger charge is 2.43. The Kier molecular flexibility index (Phi) is 4.85. The molecule has 1 atom stereocenters. The molecule has 0 saturated carbocycles. The molecule has 3 rings (SSSR count). The number of rotatable bonds is 6. The first-order chi connectivity index (χ1) is 13.0. The second-order valence-corrected chi connectivity index (χ2v) is 5.99. The Bertz CT molecular complexity index is 884. The van der Waals surface area contributed by atoms with Gasteiger partial charge < -0.3 is 24.7 Å². The molecule has 2 N–H and O–H groups in total. The monoisotopic (exact) mass is 370 g/mol. The molecule has 1 fully saturated rings. The Hall–Kier alpha value is -3.35. The molecule has 1 amide bonds. The zero-order chi connectivity index (χ0) is 19.7. The summed E-state index contributed by atoms with van der Waals surface area (Å²) < 4.78 is 21.3. The highest BCUT2D eigenvalue weighted by Crippen LogP contribution is 2.48. The third-order valence-electron chi connectivity index (χ3n) is 4.58. The van der Waals surface area contributed by atoms with Gasteiger partial charge in [0.2, 0.25) is 5.75 Å². The number of carbonyl (C=O) groups excluding carboxylic acids is 1. The lowest BCUT2D eigenvalue weighted by Gasteiger charge is -2.42. The van der Waals surface area contributed by atoms with Gasteiger partial charge in [-0.25, -0.2) is 0 Å². The van der Waals surface area contributed by atoms with E-state index in [2.05, 4.69) is 6.58 Å². The maximum atomic E-state index is 12.6. The van der Waals surface area contributed by atoms with Crippen LogP contribution in [-0.2, 0) is 4.79 Å². The summed E-state index contributed by atoms with van der Waals surface area (Å²) >= 11 is 0. The first-order valence-corrected chi connectivity index (χ1v) is 8.22. The third kappa shape index (κ3) is 2.91. The van der Waals surface area contributed by atoms with E-state index >= 15 is 0 Å². The van der Waals surface area contributed by atoms with Crippen LogP contribution in [0.4, 0.5) is 11.4 Å². The molecule has 2 aromatic carbocycles. The summed E-state index contributed by atoms with van der Waals surface area (Å²) in [5, 5.41) is 0. The second kappa shape index (κ2) is 7.11. The summed E-state index contributed by atoms with van der Waals surface area (Å²) in [5.74, 6) is 1.79. The number of anilines is 2. The molecule has 142 valence electrons. The minimum atomic E-state index is -0.339. The van der Waals surface area contributed by atoms with Crippen LogP contribution in [0.15, 0.2) is 42.5 Å². The number of nitrogens with zero attached hydrogens (tertiary/aromatic N) is 1. The van der Waals surface area contributed by atoms with Gasteiger partial charge in [0.25, 0.3) is 5.91 Å². The standard InChI is InChI=1S/C20H22N2O5/c1-11-18(12-6-7-15(24-2)14(21)8-12)22(20(11)23)13-9-16(25-3)19(27-5)17(10-13)26-4/h6-10,18H,1,21H2,2-5H3. The van der Waals surface area contributed by atoms with Crippen molar-refractivity contribution in [3.05, 3.63) is 48.0 Å². The van der Waals surface area contributed by atoms with Gasteiger partial charge in [0.05, 0.1) is 45.9 Å². The molecule has 0 bridgehead atoms. The first-order valence-electron chi connectivity index (χ1n) is 8.22. The van der Waals surface area contributed by atoms with Crippen molar-refractivity contribution in [1.29, 1.82) is 0 Å². The van der Waals surface area contributed by atoms with E-state index in [1.807, 2.05) is 6.07 Å². The van der Waals surface area contributed by atoms with Gasteiger partial charge in [0.15, 0.2) is 11.5 Å². The molecule has 7 heteroatoms. The van der Waals surface area contributed by atoms with E-state index in [0.717, 1.165) is 5.56 Å². The molecule has 0 radical (unpaired) electrons. The Morgan fingerprint density at radius 3 is 2.00 bits per heavy atom. The topological polar surface area (TPSA) is 83.2 Å². The van der Waals surface area contributed by atoms with Crippen LogP contribution >= 0.6 is 0 Å². The highest BCUT2D eigenvalue weighted by molar-refractivity contribution is 6.15. The van der Waals surface area contributed by atoms with Crippen LogP contribution in [-0.4, -0.2) is 34.3 Å². The average molecular weight is 370 g/mol. The molecular formula is C20H22N2O5. The number of nitrogen functional groups attached to an aromatic ring is 1. The summed E-state index contributed by atoms with van der Waals surface area (Å²) in [4.78, 5) is 14.2. The summed E-state index contributed by atoms with van der Waals surface area (Å²) in [5.41, 5.74) is 8.45. The lowest BCUT2D eigenvalue weighted by atomic mass is 9.88. The Balaban J connectivity index is 2.06. The number of β-lactam (4-membered cyclic amide) rings is 1. The normalized spacial score (nSPS) is 16.0. The molecule has 1 aliphatic rings. The summed E-state index contributed by atoms with van der Waals surface area (Å²) in [6, 6.07) is 8.54. The highest BCUT2D eigenvalue weighted by atomic mass is 16.5. The summed E-state index contributed by atoms with van der Waals surface area (Å²) in [7, 11) is 6.14. The van der Waals surface area contributed by atoms with E-state index < -0.39 is 0 Å². The number of amides is 1. The minimum absolute atomic E-state index is 0.177. The SMILES string of the molecule is C=C1C(=O)N(c2cc(OC)c(OC)c(OC)c2)C1c1ccc(OC)c(N)c1. The maximum absolute atomic E-state index is 12.6. The van der Waals surface area contributed by atoms with Gasteiger partial charge in [-0.2, -0.15) is 0 Å². The summed E-state index contributed by atoms with van der Waals surface area (Å²) in [6.45, 7) is 3.92. The molecule has 1 heterocycles. The molecule has 1 saturated heterocycles. The van der Waals surface area contributed by atoms with E-state index in [-0.39, 0.29) is 11.9 Å². The average Bonchev–Trinajstić information content (AvgIpc) is 2.69. The van der Waals surface area contributed by atoms with Crippen molar-refractivity contribution >= 4 is 17.3 Å². The molecule has 0 aromatic heterocycles. The van der Waals surface area contributed by atoms with Crippen LogP contribution in [0.3, 0.4) is 0 Å². The molecule has 0 aliphatic carbocycles. The molecule has 2 aromatic rings. The largest absolute Gasteiger partial charge is 0.495 e. The van der Waals surface area contributed by atoms with Crippen LogP contribution in [0, 0.1) is 0 Å². The number of methoxy groups -OCH3 is 4. The third-order valence-corrected chi connectivity index (χ3v) is 4.58. The number of benzene rings is 2. The van der Waals surface area contributed by atoms with E-state index in [1.54, 1.807) is 36.3 Å². The van der Waals surface area contributed by atoms with Crippen molar-refractivity contribution in [1.82, 2.24) is 0 Å². The maximum Gasteiger partial charge on any atom is 0.256 e. The number of hydrogen-bond donors (Lipinski definition) is 1. The number of carbonyl (C=O) groups is 1. The molecule has 7 nitrogen and oxygen atoms in total. The number of nitrogens with two attached hydrogens (primary N) is 1. The van der Waals surface area contributed by atoms with Crippen molar-refractivity contribution < 1.29 is 23.7 Å². The van der Waals surface area contributed by atoms with Gasteiger partial charge in [-0.05, 0) is 17.7 Å². The van der Waals surface area contributed by atoms with Gasteiger partial charge in [-0.3, -0.25) is 9.69 Å². The van der Waals surface area contributed by atoms with E-state index in [9.17, 15) is 4.79 Å². The van der Waals surface area contributed by atoms with Gasteiger partial charge in [-0.1, -0.05) is 12.6 Å². The zero-order valence-electron chi connectivity index (χ0n) is 15.7. The van der Waals surface area contributed by atoms with Crippen LogP contribution < -0.4 is 29.6 Å². The molecule has 1 aliphatic heterocycles. The van der Waals surface area contributed by atoms with E-state index in [0.29, 0.717) is 39.9 Å². The van der Waals surface area contributed by atoms with E-state index in [1.165, 1.54) is 21.3 Å². The van der Waals surface area contributed by atoms with Gasteiger partial charge >= 0.3 is 0 Å². The molecule has 27 heavy (non-hydrogen) atoms. The Labute approximate surface area is 157 Å². The lowest BCUT2D eigenvalue weighted by molar-refractivity contribution is -0.118. The van der Waals surface area contributed by atoms with Crippen LogP contribution in [0.1, 0.15) is 11.6 Å². The van der Waals surface area contributed by atoms with Crippen LogP contribution in [0.5, 0.6) is 23.0 Å². The van der Waals surface area contributed by atoms with Gasteiger partial charge in [0, 0.05) is 17.7 Å². The molecular weight excluding hydrogens is 348 g/mol. The lowest BCUT2D eigenvalue weighted by Crippen LogP contribution is -2.48. The number of hydrogen-bond acceptors (Lipinski definition) is 6. The first kappa shape index (κ1) is 18.4.